The zero-order chi connectivity index (χ0) is 23.5. The van der Waals surface area contributed by atoms with Crippen LogP contribution in [-0.4, -0.2) is 35.9 Å². The standard InChI is InChI=1S/C22H22F2N8S/c1-12-8-9-17(27-15(12)11-25)28-18-10-14(19-21(29-18)31-22(30-19)20(23)24)26-13-6-4-5-7-16(13)32(2)33-3/h4-10,20,22,30H,1-3H3,(H3,26,27,28,29,31). The largest absolute Gasteiger partial charge is 0.356 e. The van der Waals surface area contributed by atoms with Crippen LogP contribution in [0, 0.1) is 18.3 Å². The topological polar surface area (TPSA) is 101 Å². The molecule has 1 aliphatic rings. The van der Waals surface area contributed by atoms with Gasteiger partial charge in [-0.05, 0) is 30.7 Å². The Morgan fingerprint density at radius 2 is 1.88 bits per heavy atom. The van der Waals surface area contributed by atoms with E-state index in [1.54, 1.807) is 37.1 Å². The number of aromatic nitrogens is 2. The minimum Gasteiger partial charge on any atom is -0.356 e. The monoisotopic (exact) mass is 468 g/mol. The number of pyridine rings is 2. The number of hydrogen-bond donors (Lipinski definition) is 4. The Bertz CT molecular complexity index is 1210. The molecule has 2 aromatic heterocycles. The first kappa shape index (κ1) is 22.4. The van der Waals surface area contributed by atoms with Crippen molar-refractivity contribution in [2.24, 2.45) is 0 Å². The van der Waals surface area contributed by atoms with E-state index in [2.05, 4.69) is 37.3 Å². The molecule has 1 aliphatic heterocycles. The van der Waals surface area contributed by atoms with Gasteiger partial charge in [-0.1, -0.05) is 30.1 Å². The molecule has 1 aromatic carbocycles. The molecule has 1 unspecified atom stereocenters. The number of nitrogens with zero attached hydrogens (tertiary/aromatic N) is 4. The molecular weight excluding hydrogens is 446 g/mol. The highest BCUT2D eigenvalue weighted by Crippen LogP contribution is 2.41. The zero-order valence-electron chi connectivity index (χ0n) is 18.1. The van der Waals surface area contributed by atoms with Gasteiger partial charge >= 0.3 is 0 Å². The Morgan fingerprint density at radius 3 is 2.61 bits per heavy atom. The Hall–Kier alpha value is -3.78. The number of fused-ring (bicyclic) bond motifs is 1. The number of anilines is 7. The van der Waals surface area contributed by atoms with Crippen LogP contribution in [0.4, 0.5) is 49.0 Å². The van der Waals surface area contributed by atoms with Crippen molar-refractivity contribution in [3.63, 3.8) is 0 Å². The number of alkyl halides is 2. The fourth-order valence-electron chi connectivity index (χ4n) is 3.36. The van der Waals surface area contributed by atoms with Gasteiger partial charge in [0.1, 0.15) is 29.1 Å². The van der Waals surface area contributed by atoms with Crippen molar-refractivity contribution in [2.45, 2.75) is 19.5 Å². The molecule has 4 rings (SSSR count). The molecule has 0 amide bonds. The molecular formula is C22H22F2N8S. The Balaban J connectivity index is 1.73. The van der Waals surface area contributed by atoms with Gasteiger partial charge in [0.2, 0.25) is 0 Å². The molecule has 0 bridgehead atoms. The second-order valence-corrected chi connectivity index (χ2v) is 8.21. The molecule has 1 atom stereocenters. The van der Waals surface area contributed by atoms with E-state index in [0.717, 1.165) is 16.9 Å². The summed E-state index contributed by atoms with van der Waals surface area (Å²) in [4.78, 5) is 8.73. The van der Waals surface area contributed by atoms with Crippen LogP contribution in [0.1, 0.15) is 11.3 Å². The van der Waals surface area contributed by atoms with Crippen LogP contribution in [0.25, 0.3) is 0 Å². The first-order valence-corrected chi connectivity index (χ1v) is 11.2. The third-order valence-corrected chi connectivity index (χ3v) is 5.85. The van der Waals surface area contributed by atoms with E-state index in [-0.39, 0.29) is 5.82 Å². The van der Waals surface area contributed by atoms with Gasteiger partial charge in [0.05, 0.1) is 17.1 Å². The number of hydrogen-bond acceptors (Lipinski definition) is 9. The molecule has 3 aromatic rings. The molecule has 11 heteroatoms. The van der Waals surface area contributed by atoms with Gasteiger partial charge in [-0.25, -0.2) is 18.7 Å². The van der Waals surface area contributed by atoms with Crippen LogP contribution in [0.2, 0.25) is 0 Å². The number of benzene rings is 1. The highest BCUT2D eigenvalue weighted by molar-refractivity contribution is 7.99. The van der Waals surface area contributed by atoms with E-state index >= 15 is 0 Å². The lowest BCUT2D eigenvalue weighted by molar-refractivity contribution is 0.135. The third kappa shape index (κ3) is 4.70. The number of nitriles is 1. The van der Waals surface area contributed by atoms with Crippen molar-refractivity contribution in [3.05, 3.63) is 53.7 Å². The smallest absolute Gasteiger partial charge is 0.276 e. The number of rotatable bonds is 7. The summed E-state index contributed by atoms with van der Waals surface area (Å²) in [5, 5.41) is 21.2. The highest BCUT2D eigenvalue weighted by Gasteiger charge is 2.31. The molecule has 0 radical (unpaired) electrons. The third-order valence-electron chi connectivity index (χ3n) is 5.11. The molecule has 0 saturated heterocycles. The van der Waals surface area contributed by atoms with Gasteiger partial charge < -0.3 is 25.6 Å². The van der Waals surface area contributed by atoms with Crippen LogP contribution < -0.4 is 25.6 Å². The van der Waals surface area contributed by atoms with E-state index in [1.807, 2.05) is 41.9 Å². The SMILES string of the molecule is CSN(C)c1ccccc1Nc1cc(Nc2ccc(C)c(C#N)n2)nc2c1NC(C(F)F)N2. The number of aryl methyl sites for hydroxylation is 1. The van der Waals surface area contributed by atoms with Crippen LogP contribution >= 0.6 is 11.9 Å². The fraction of sp³-hybridized carbons (Fsp3) is 0.227. The minimum atomic E-state index is -2.63. The molecule has 0 spiro atoms. The first-order valence-electron chi connectivity index (χ1n) is 10.0. The quantitative estimate of drug-likeness (QED) is 0.345. The molecule has 3 heterocycles. The summed E-state index contributed by atoms with van der Waals surface area (Å²) in [6, 6.07) is 15.0. The van der Waals surface area contributed by atoms with Crippen LogP contribution in [-0.2, 0) is 0 Å². The van der Waals surface area contributed by atoms with E-state index in [0.29, 0.717) is 28.7 Å². The van der Waals surface area contributed by atoms with Gasteiger partial charge in [-0.2, -0.15) is 5.26 Å². The number of nitrogens with one attached hydrogen (secondary N) is 4. The maximum absolute atomic E-state index is 13.4. The second kappa shape index (κ2) is 9.38. The lowest BCUT2D eigenvalue weighted by atomic mass is 10.2. The Kier molecular flexibility index (Phi) is 6.37. The van der Waals surface area contributed by atoms with Crippen molar-refractivity contribution in [1.82, 2.24) is 9.97 Å². The average Bonchev–Trinajstić information content (AvgIpc) is 3.25. The van der Waals surface area contributed by atoms with Crippen molar-refractivity contribution < 1.29 is 8.78 Å². The van der Waals surface area contributed by atoms with E-state index in [1.165, 1.54) is 0 Å². The molecule has 33 heavy (non-hydrogen) atoms. The number of para-hydroxylation sites is 2. The summed E-state index contributed by atoms with van der Waals surface area (Å²) in [7, 11) is 1.94. The van der Waals surface area contributed by atoms with Crippen LogP contribution in [0.3, 0.4) is 0 Å². The van der Waals surface area contributed by atoms with E-state index in [9.17, 15) is 14.0 Å². The Morgan fingerprint density at radius 1 is 1.09 bits per heavy atom. The molecule has 0 aliphatic carbocycles. The molecule has 170 valence electrons. The van der Waals surface area contributed by atoms with Crippen molar-refractivity contribution in [1.29, 1.82) is 5.26 Å². The summed E-state index contributed by atoms with van der Waals surface area (Å²) in [5.41, 5.74) is 3.80. The summed E-state index contributed by atoms with van der Waals surface area (Å²) in [5.74, 6) is 1.10. The van der Waals surface area contributed by atoms with Crippen LogP contribution in [0.15, 0.2) is 42.5 Å². The summed E-state index contributed by atoms with van der Waals surface area (Å²) in [6.07, 6.45) is -1.92. The van der Waals surface area contributed by atoms with Gasteiger partial charge in [0.15, 0.2) is 12.0 Å². The van der Waals surface area contributed by atoms with Gasteiger partial charge in [-0.3, -0.25) is 0 Å². The molecule has 4 N–H and O–H groups in total. The maximum atomic E-state index is 13.4. The zero-order valence-corrected chi connectivity index (χ0v) is 19.0. The number of halogens is 2. The van der Waals surface area contributed by atoms with Crippen molar-refractivity contribution >= 4 is 52.2 Å². The lowest BCUT2D eigenvalue weighted by Crippen LogP contribution is -2.30. The summed E-state index contributed by atoms with van der Waals surface area (Å²) >= 11 is 1.55. The van der Waals surface area contributed by atoms with Gasteiger partial charge in [0.25, 0.3) is 6.43 Å². The minimum absolute atomic E-state index is 0.288. The van der Waals surface area contributed by atoms with Crippen molar-refractivity contribution in [2.75, 3.05) is 38.9 Å². The summed E-state index contributed by atoms with van der Waals surface area (Å²) in [6.45, 7) is 1.80. The first-order chi connectivity index (χ1) is 15.9. The molecule has 0 fully saturated rings. The predicted molar refractivity (Wildman–Crippen MR) is 130 cm³/mol. The fourth-order valence-corrected chi connectivity index (χ4v) is 3.72. The normalized spacial score (nSPS) is 14.2. The van der Waals surface area contributed by atoms with Crippen LogP contribution in [0.5, 0.6) is 0 Å². The van der Waals surface area contributed by atoms with Gasteiger partial charge in [-0.15, -0.1) is 0 Å². The van der Waals surface area contributed by atoms with Gasteiger partial charge in [0, 0.05) is 19.4 Å². The van der Waals surface area contributed by atoms with E-state index < -0.39 is 12.6 Å². The predicted octanol–water partition coefficient (Wildman–Crippen LogP) is 5.29. The molecule has 8 nitrogen and oxygen atoms in total. The summed E-state index contributed by atoms with van der Waals surface area (Å²) < 4.78 is 28.8. The van der Waals surface area contributed by atoms with E-state index in [4.69, 9.17) is 0 Å². The lowest BCUT2D eigenvalue weighted by Gasteiger charge is -2.21. The second-order valence-electron chi connectivity index (χ2n) is 7.30. The maximum Gasteiger partial charge on any atom is 0.276 e. The Labute approximate surface area is 194 Å². The highest BCUT2D eigenvalue weighted by atomic mass is 32.2. The average molecular weight is 469 g/mol. The molecule has 0 saturated carbocycles. The van der Waals surface area contributed by atoms with Crippen molar-refractivity contribution in [3.8, 4) is 6.07 Å².